The van der Waals surface area contributed by atoms with E-state index >= 15 is 0 Å². The molecule has 18 heteroatoms. The summed E-state index contributed by atoms with van der Waals surface area (Å²) in [6.45, 7) is 10.0. The third-order valence-corrected chi connectivity index (χ3v) is 16.5. The summed E-state index contributed by atoms with van der Waals surface area (Å²) in [5, 5.41) is 6.90. The van der Waals surface area contributed by atoms with Crippen molar-refractivity contribution in [1.29, 1.82) is 0 Å². The normalized spacial score (nSPS) is 15.9. The molecule has 3 N–H and O–H groups in total. The van der Waals surface area contributed by atoms with Crippen molar-refractivity contribution in [3.63, 3.8) is 0 Å². The van der Waals surface area contributed by atoms with Gasteiger partial charge >= 0.3 is 12.2 Å². The molecule has 454 valence electrons. The Morgan fingerprint density at radius 2 is 0.977 bits per heavy atom. The largest absolute Gasteiger partial charge is 0.494 e. The van der Waals surface area contributed by atoms with Crippen LogP contribution in [-0.2, 0) is 22.3 Å². The fourth-order valence-electron chi connectivity index (χ4n) is 11.6. The van der Waals surface area contributed by atoms with E-state index in [4.69, 9.17) is 51.6 Å². The van der Waals surface area contributed by atoms with Crippen LogP contribution in [0.5, 0.6) is 23.0 Å². The second-order valence-corrected chi connectivity index (χ2v) is 22.8. The minimum absolute atomic E-state index is 0.293. The van der Waals surface area contributed by atoms with Gasteiger partial charge in [-0.3, -0.25) is 14.7 Å². The van der Waals surface area contributed by atoms with Crippen LogP contribution in [0.3, 0.4) is 0 Å². The first-order valence-corrected chi connectivity index (χ1v) is 30.9. The molecule has 2 amide bonds. The summed E-state index contributed by atoms with van der Waals surface area (Å²) in [4.78, 5) is 39.9. The Labute approximate surface area is 511 Å². The van der Waals surface area contributed by atoms with Gasteiger partial charge in [-0.05, 0) is 196 Å². The summed E-state index contributed by atoms with van der Waals surface area (Å²) in [5.41, 5.74) is 7.95. The van der Waals surface area contributed by atoms with E-state index in [1.165, 1.54) is 67.8 Å². The number of hydrogen-bond donors (Lipinski definition) is 3. The van der Waals surface area contributed by atoms with Crippen molar-refractivity contribution in [3.8, 4) is 23.0 Å². The number of aromatic nitrogens is 2. The average molecular weight is 1210 g/mol. The van der Waals surface area contributed by atoms with E-state index in [0.29, 0.717) is 60.7 Å². The Balaban J connectivity index is 0.000000191. The van der Waals surface area contributed by atoms with E-state index in [-0.39, 0.29) is 11.6 Å². The maximum atomic E-state index is 13.5. The van der Waals surface area contributed by atoms with Crippen molar-refractivity contribution in [2.45, 2.75) is 82.7 Å². The van der Waals surface area contributed by atoms with E-state index in [2.05, 4.69) is 20.2 Å². The quantitative estimate of drug-likeness (QED) is 0.0501. The minimum Gasteiger partial charge on any atom is -0.494 e. The summed E-state index contributed by atoms with van der Waals surface area (Å²) >= 11 is 12.7. The molecule has 0 saturated carbocycles. The molecule has 0 spiro atoms. The molecular weight excluding hydrogens is 1140 g/mol. The number of ether oxygens (including phenoxy) is 6. The molecule has 5 heterocycles. The molecule has 8 aromatic rings. The second kappa shape index (κ2) is 30.9. The van der Waals surface area contributed by atoms with Gasteiger partial charge < -0.3 is 43.7 Å². The lowest BCUT2D eigenvalue weighted by atomic mass is 9.92. The van der Waals surface area contributed by atoms with Crippen LogP contribution in [0.15, 0.2) is 133 Å². The third kappa shape index (κ3) is 16.5. The van der Waals surface area contributed by atoms with E-state index in [0.717, 1.165) is 158 Å². The van der Waals surface area contributed by atoms with Crippen molar-refractivity contribution < 1.29 is 46.8 Å². The number of nitrogens with one attached hydrogen (secondary N) is 3. The van der Waals surface area contributed by atoms with Gasteiger partial charge in [-0.2, -0.15) is 0 Å². The molecule has 6 aromatic carbocycles. The molecule has 2 aromatic heterocycles. The highest BCUT2D eigenvalue weighted by Gasteiger charge is 2.37. The zero-order valence-corrected chi connectivity index (χ0v) is 50.3. The van der Waals surface area contributed by atoms with Gasteiger partial charge in [-0.25, -0.2) is 18.4 Å². The lowest BCUT2D eigenvalue weighted by molar-refractivity contribution is 0.0371. The smallest absolute Gasteiger partial charge is 0.416 e. The zero-order valence-electron chi connectivity index (χ0n) is 48.7. The maximum Gasteiger partial charge on any atom is 0.416 e. The number of morpholine rings is 1. The predicted octanol–water partition coefficient (Wildman–Crippen LogP) is 15.1. The number of carbonyl (C=O) groups is 2. The van der Waals surface area contributed by atoms with Gasteiger partial charge in [0.15, 0.2) is 0 Å². The highest BCUT2D eigenvalue weighted by molar-refractivity contribution is 6.31. The third-order valence-electron chi connectivity index (χ3n) is 16.0. The Kier molecular flexibility index (Phi) is 22.3. The van der Waals surface area contributed by atoms with Crippen LogP contribution in [0, 0.1) is 11.6 Å². The maximum absolute atomic E-state index is 13.5. The highest BCUT2D eigenvalue weighted by atomic mass is 35.5. The molecular formula is C68H76Cl2F2N6O8. The summed E-state index contributed by atoms with van der Waals surface area (Å²) in [5.74, 6) is 1.41. The monoisotopic (exact) mass is 1210 g/mol. The first-order chi connectivity index (χ1) is 42.1. The number of aromatic amines is 2. The van der Waals surface area contributed by atoms with Crippen molar-refractivity contribution in [3.05, 3.63) is 189 Å². The number of halogens is 4. The Hall–Kier alpha value is -7.18. The van der Waals surface area contributed by atoms with Gasteiger partial charge in [0.25, 0.3) is 0 Å². The van der Waals surface area contributed by atoms with Crippen LogP contribution in [0.1, 0.15) is 104 Å². The highest BCUT2D eigenvalue weighted by Crippen LogP contribution is 2.42. The van der Waals surface area contributed by atoms with Gasteiger partial charge in [-0.15, -0.1) is 0 Å². The Morgan fingerprint density at radius 3 is 1.45 bits per heavy atom. The number of H-pyrrole nitrogens is 2. The number of rotatable bonds is 24. The van der Waals surface area contributed by atoms with Gasteiger partial charge in [0.1, 0.15) is 46.7 Å². The van der Waals surface area contributed by atoms with Crippen LogP contribution in [0.25, 0.3) is 21.8 Å². The van der Waals surface area contributed by atoms with Crippen LogP contribution in [0.4, 0.5) is 18.4 Å². The predicted molar refractivity (Wildman–Crippen MR) is 333 cm³/mol. The number of nitrogens with zero attached hydrogens (tertiary/aromatic N) is 3. The fraction of sp³-hybridized carbons (Fsp3) is 0.382. The van der Waals surface area contributed by atoms with Crippen molar-refractivity contribution in [2.75, 3.05) is 86.0 Å². The molecule has 0 bridgehead atoms. The minimum atomic E-state index is -0.496. The summed E-state index contributed by atoms with van der Waals surface area (Å²) in [6, 6.07) is 37.6. The molecule has 3 aliphatic heterocycles. The van der Waals surface area contributed by atoms with E-state index in [1.54, 1.807) is 16.9 Å². The number of hydrogen-bond acceptors (Lipinski definition) is 10. The van der Waals surface area contributed by atoms with Crippen LogP contribution >= 0.6 is 23.2 Å². The van der Waals surface area contributed by atoms with Crippen LogP contribution < -0.4 is 24.3 Å². The second-order valence-electron chi connectivity index (χ2n) is 22.0. The SMILES string of the molecule is COCCCNCCCCCCOc1ccc(C2c3[nH]c4ccc(Cl)cc4c3CCN2C(=O)Oc2ccc(F)cc2)cc1.O=C(Oc1ccc(F)cc1)N1CCc2c([nH]c3ccc(Cl)cc23)C1c1ccc(OCCCCCCN2CCOCC2)cc1. The fourth-order valence-corrected chi connectivity index (χ4v) is 11.9. The molecule has 2 atom stereocenters. The number of carbonyl (C=O) groups excluding carboxylic acids is 2. The first kappa shape index (κ1) is 61.9. The van der Waals surface area contributed by atoms with Crippen molar-refractivity contribution in [1.82, 2.24) is 30.0 Å². The summed E-state index contributed by atoms with van der Waals surface area (Å²) in [7, 11) is 1.73. The van der Waals surface area contributed by atoms with Crippen LogP contribution in [-0.4, -0.2) is 123 Å². The standard InChI is InChI=1S/C34H37ClFN3O4.C34H39ClFN3O4/c35-25-7-14-31-30(23-25)29-15-17-39(34(40)43-28-12-8-26(36)9-13-28)33(32(29)37-31)24-5-10-27(11-6-24)42-20-4-2-1-3-16-38-18-21-41-22-19-38;1-41-21-6-19-37-18-4-2-3-5-22-42-27-12-7-24(8-13-27)33-32-29(30-23-25(35)9-16-31(30)38-32)17-20-39(33)34(40)43-28-14-10-26(36)11-15-28/h5-14,23,33,37H,1-4,15-22H2;7-16,23,33,37-38H,2-6,17-22H2,1H3. The molecule has 0 radical (unpaired) electrons. The van der Waals surface area contributed by atoms with E-state index < -0.39 is 24.3 Å². The molecule has 3 aliphatic rings. The molecule has 1 saturated heterocycles. The lowest BCUT2D eigenvalue weighted by Gasteiger charge is -2.35. The van der Waals surface area contributed by atoms with E-state index in [9.17, 15) is 18.4 Å². The lowest BCUT2D eigenvalue weighted by Crippen LogP contribution is -2.42. The number of benzene rings is 6. The van der Waals surface area contributed by atoms with Crippen LogP contribution in [0.2, 0.25) is 10.0 Å². The number of fused-ring (bicyclic) bond motifs is 6. The van der Waals surface area contributed by atoms with Gasteiger partial charge in [-0.1, -0.05) is 73.2 Å². The molecule has 2 unspecified atom stereocenters. The topological polar surface area (TPSA) is 143 Å². The number of methoxy groups -OCH3 is 1. The molecule has 86 heavy (non-hydrogen) atoms. The zero-order chi connectivity index (χ0) is 59.6. The molecule has 14 nitrogen and oxygen atoms in total. The van der Waals surface area contributed by atoms with Crippen molar-refractivity contribution in [2.24, 2.45) is 0 Å². The summed E-state index contributed by atoms with van der Waals surface area (Å²) in [6.07, 6.45) is 10.4. The molecule has 11 rings (SSSR count). The Bertz CT molecular complexity index is 3450. The molecule has 1 fully saturated rings. The van der Waals surface area contributed by atoms with E-state index in [1.807, 2.05) is 84.9 Å². The van der Waals surface area contributed by atoms with Gasteiger partial charge in [0, 0.05) is 83.1 Å². The van der Waals surface area contributed by atoms with Crippen molar-refractivity contribution >= 4 is 57.2 Å². The first-order valence-electron chi connectivity index (χ1n) is 30.1. The van der Waals surface area contributed by atoms with Gasteiger partial charge in [0.05, 0.1) is 26.4 Å². The molecule has 0 aliphatic carbocycles. The van der Waals surface area contributed by atoms with Gasteiger partial charge in [0.2, 0.25) is 0 Å². The number of unbranched alkanes of at least 4 members (excludes halogenated alkanes) is 6. The summed E-state index contributed by atoms with van der Waals surface area (Å²) < 4.78 is 60.7. The average Bonchev–Trinajstić information content (AvgIpc) is 2.20. The Morgan fingerprint density at radius 1 is 0.535 bits per heavy atom. The number of amides is 2.